The van der Waals surface area contributed by atoms with E-state index in [9.17, 15) is 5.26 Å². The minimum Gasteiger partial charge on any atom is -0.380 e. The van der Waals surface area contributed by atoms with Gasteiger partial charge >= 0.3 is 0 Å². The van der Waals surface area contributed by atoms with E-state index in [1.54, 1.807) is 13.3 Å². The van der Waals surface area contributed by atoms with E-state index in [2.05, 4.69) is 31.6 Å². The molecule has 1 atom stereocenters. The fourth-order valence-electron chi connectivity index (χ4n) is 4.68. The fourth-order valence-corrected chi connectivity index (χ4v) is 4.68. The maximum Gasteiger partial charge on any atom is 0.234 e. The molecule has 27 heavy (non-hydrogen) atoms. The lowest BCUT2D eigenvalue weighted by Gasteiger charge is -2.23. The smallest absolute Gasteiger partial charge is 0.234 e. The third-order valence-corrected chi connectivity index (χ3v) is 6.25. The minimum absolute atomic E-state index is 0.256. The lowest BCUT2D eigenvalue weighted by Crippen LogP contribution is -2.24. The first-order chi connectivity index (χ1) is 13.3. The van der Waals surface area contributed by atoms with Gasteiger partial charge in [-0.2, -0.15) is 5.26 Å². The number of hydrogen-bond donors (Lipinski definition) is 0. The standard InChI is InChI=1S/C21H29N5O/c1-27-19-8-9-25(15-19)14-18-11-17-13-23-20(12-22)24-21(17)26(18)10-7-16-5-3-2-4-6-16/h11,13,16,19H,2-10,14-15H2,1H3/t19-/m1/s1. The number of fused-ring (bicyclic) bond motifs is 1. The summed E-state index contributed by atoms with van der Waals surface area (Å²) >= 11 is 0. The molecule has 1 aliphatic carbocycles. The molecule has 0 amide bonds. The van der Waals surface area contributed by atoms with Gasteiger partial charge in [-0.1, -0.05) is 32.1 Å². The molecule has 6 nitrogen and oxygen atoms in total. The third kappa shape index (κ3) is 4.15. The molecule has 0 radical (unpaired) electrons. The second kappa shape index (κ2) is 8.37. The Bertz CT molecular complexity index is 818. The second-order valence-corrected chi connectivity index (χ2v) is 8.05. The van der Waals surface area contributed by atoms with Crippen LogP contribution in [0.15, 0.2) is 12.3 Å². The third-order valence-electron chi connectivity index (χ3n) is 6.25. The van der Waals surface area contributed by atoms with Crippen LogP contribution in [0.3, 0.4) is 0 Å². The first kappa shape index (κ1) is 18.4. The first-order valence-electron chi connectivity index (χ1n) is 10.3. The van der Waals surface area contributed by atoms with Crippen molar-refractivity contribution in [2.45, 2.75) is 64.1 Å². The van der Waals surface area contributed by atoms with E-state index < -0.39 is 0 Å². The van der Waals surface area contributed by atoms with Gasteiger partial charge in [-0.25, -0.2) is 9.97 Å². The Hall–Kier alpha value is -1.97. The summed E-state index contributed by atoms with van der Waals surface area (Å²) in [5, 5.41) is 10.2. The van der Waals surface area contributed by atoms with Gasteiger partial charge in [0, 0.05) is 50.6 Å². The topological polar surface area (TPSA) is 67.0 Å². The molecule has 0 aromatic carbocycles. The highest BCUT2D eigenvalue weighted by Gasteiger charge is 2.24. The van der Waals surface area contributed by atoms with Crippen LogP contribution < -0.4 is 0 Å². The van der Waals surface area contributed by atoms with Crippen LogP contribution in [-0.2, 0) is 17.8 Å². The van der Waals surface area contributed by atoms with Crippen LogP contribution in [-0.4, -0.2) is 45.7 Å². The molecule has 4 rings (SSSR count). The first-order valence-corrected chi connectivity index (χ1v) is 10.3. The van der Waals surface area contributed by atoms with Gasteiger partial charge < -0.3 is 9.30 Å². The number of likely N-dealkylation sites (tertiary alicyclic amines) is 1. The minimum atomic E-state index is 0.256. The van der Waals surface area contributed by atoms with Gasteiger partial charge in [0.25, 0.3) is 0 Å². The molecule has 0 unspecified atom stereocenters. The molecule has 0 N–H and O–H groups in total. The Morgan fingerprint density at radius 3 is 2.85 bits per heavy atom. The zero-order chi connectivity index (χ0) is 18.6. The molecule has 0 bridgehead atoms. The van der Waals surface area contributed by atoms with Gasteiger partial charge in [0.2, 0.25) is 5.82 Å². The van der Waals surface area contributed by atoms with Gasteiger partial charge in [0.15, 0.2) is 0 Å². The number of ether oxygens (including phenoxy) is 1. The lowest BCUT2D eigenvalue weighted by molar-refractivity contribution is 0.107. The van der Waals surface area contributed by atoms with Crippen molar-refractivity contribution in [1.82, 2.24) is 19.4 Å². The van der Waals surface area contributed by atoms with E-state index >= 15 is 0 Å². The average molecular weight is 367 g/mol. The van der Waals surface area contributed by atoms with Crippen LogP contribution in [0.4, 0.5) is 0 Å². The molecule has 2 aromatic heterocycles. The highest BCUT2D eigenvalue weighted by molar-refractivity contribution is 5.76. The Balaban J connectivity index is 1.57. The number of nitriles is 1. The van der Waals surface area contributed by atoms with Crippen molar-refractivity contribution >= 4 is 11.0 Å². The lowest BCUT2D eigenvalue weighted by atomic mass is 9.87. The number of aryl methyl sites for hydroxylation is 1. The normalized spacial score (nSPS) is 21.7. The fraction of sp³-hybridized carbons (Fsp3) is 0.667. The van der Waals surface area contributed by atoms with E-state index in [1.807, 2.05) is 0 Å². The molecule has 1 saturated carbocycles. The number of hydrogen-bond acceptors (Lipinski definition) is 5. The SMILES string of the molecule is CO[C@@H]1CCN(Cc2cc3cnc(C#N)nc3n2CCC2CCCCC2)C1. The Labute approximate surface area is 161 Å². The van der Waals surface area contributed by atoms with Crippen LogP contribution in [0, 0.1) is 17.2 Å². The average Bonchev–Trinajstić information content (AvgIpc) is 3.30. The van der Waals surface area contributed by atoms with Crippen LogP contribution in [0.2, 0.25) is 0 Å². The van der Waals surface area contributed by atoms with Crippen molar-refractivity contribution in [3.8, 4) is 6.07 Å². The molecule has 2 aliphatic rings. The summed E-state index contributed by atoms with van der Waals surface area (Å²) < 4.78 is 7.86. The summed E-state index contributed by atoms with van der Waals surface area (Å²) in [6.07, 6.45) is 11.3. The Kier molecular flexibility index (Phi) is 5.70. The molecule has 1 saturated heterocycles. The van der Waals surface area contributed by atoms with E-state index in [4.69, 9.17) is 4.74 Å². The Morgan fingerprint density at radius 2 is 2.11 bits per heavy atom. The number of methoxy groups -OCH3 is 1. The van der Waals surface area contributed by atoms with E-state index in [-0.39, 0.29) is 5.82 Å². The number of aromatic nitrogens is 3. The maximum atomic E-state index is 9.21. The number of nitrogens with zero attached hydrogens (tertiary/aromatic N) is 5. The summed E-state index contributed by atoms with van der Waals surface area (Å²) in [5.74, 6) is 1.08. The highest BCUT2D eigenvalue weighted by atomic mass is 16.5. The summed E-state index contributed by atoms with van der Waals surface area (Å²) in [4.78, 5) is 11.2. The predicted molar refractivity (Wildman–Crippen MR) is 104 cm³/mol. The predicted octanol–water partition coefficient (Wildman–Crippen LogP) is 3.49. The monoisotopic (exact) mass is 367 g/mol. The summed E-state index contributed by atoms with van der Waals surface area (Å²) in [7, 11) is 1.80. The summed E-state index contributed by atoms with van der Waals surface area (Å²) in [6, 6.07) is 4.29. The summed E-state index contributed by atoms with van der Waals surface area (Å²) in [5.41, 5.74) is 2.19. The molecular weight excluding hydrogens is 338 g/mol. The van der Waals surface area contributed by atoms with Gasteiger partial charge in [-0.05, 0) is 24.8 Å². The van der Waals surface area contributed by atoms with Crippen LogP contribution in [0.25, 0.3) is 11.0 Å². The quantitative estimate of drug-likeness (QED) is 0.782. The number of rotatable bonds is 6. The molecule has 1 aliphatic heterocycles. The van der Waals surface area contributed by atoms with Gasteiger partial charge in [-0.15, -0.1) is 0 Å². The van der Waals surface area contributed by atoms with Crippen LogP contribution in [0.5, 0.6) is 0 Å². The zero-order valence-corrected chi connectivity index (χ0v) is 16.2. The molecule has 2 fully saturated rings. The molecular formula is C21H29N5O. The van der Waals surface area contributed by atoms with Crippen LogP contribution in [0.1, 0.15) is 56.5 Å². The zero-order valence-electron chi connectivity index (χ0n) is 16.2. The highest BCUT2D eigenvalue weighted by Crippen LogP contribution is 2.28. The van der Waals surface area contributed by atoms with Crippen LogP contribution >= 0.6 is 0 Å². The van der Waals surface area contributed by atoms with Crippen molar-refractivity contribution in [3.63, 3.8) is 0 Å². The van der Waals surface area contributed by atoms with Gasteiger partial charge in [0.05, 0.1) is 6.10 Å². The Morgan fingerprint density at radius 1 is 1.26 bits per heavy atom. The van der Waals surface area contributed by atoms with E-state index in [0.717, 1.165) is 49.6 Å². The van der Waals surface area contributed by atoms with Gasteiger partial charge in [-0.3, -0.25) is 4.90 Å². The molecule has 0 spiro atoms. The van der Waals surface area contributed by atoms with E-state index in [0.29, 0.717) is 6.10 Å². The van der Waals surface area contributed by atoms with Crippen molar-refractivity contribution in [2.75, 3.05) is 20.2 Å². The van der Waals surface area contributed by atoms with Gasteiger partial charge in [0.1, 0.15) is 11.7 Å². The maximum absolute atomic E-state index is 9.21. The van der Waals surface area contributed by atoms with E-state index in [1.165, 1.54) is 44.2 Å². The largest absolute Gasteiger partial charge is 0.380 e. The molecule has 6 heteroatoms. The molecule has 3 heterocycles. The van der Waals surface area contributed by atoms with Crippen molar-refractivity contribution in [1.29, 1.82) is 5.26 Å². The molecule has 144 valence electrons. The second-order valence-electron chi connectivity index (χ2n) is 8.05. The van der Waals surface area contributed by atoms with Crippen molar-refractivity contribution in [3.05, 3.63) is 23.8 Å². The van der Waals surface area contributed by atoms with Crippen molar-refractivity contribution < 1.29 is 4.74 Å². The molecule has 2 aromatic rings. The summed E-state index contributed by atoms with van der Waals surface area (Å²) in [6.45, 7) is 3.93. The van der Waals surface area contributed by atoms with Crippen molar-refractivity contribution in [2.24, 2.45) is 5.92 Å².